The Kier molecular flexibility index (Phi) is 5.43. The highest BCUT2D eigenvalue weighted by molar-refractivity contribution is 5.28. The summed E-state index contributed by atoms with van der Waals surface area (Å²) in [4.78, 5) is 0. The Hall–Kier alpha value is -1.27. The summed E-state index contributed by atoms with van der Waals surface area (Å²) in [6.07, 6.45) is 7.23. The molecule has 18 heavy (non-hydrogen) atoms. The van der Waals surface area contributed by atoms with E-state index in [0.29, 0.717) is 12.1 Å². The molecule has 0 aliphatic heterocycles. The van der Waals surface area contributed by atoms with Crippen molar-refractivity contribution in [3.05, 3.63) is 17.0 Å². The van der Waals surface area contributed by atoms with Crippen molar-refractivity contribution in [3.63, 3.8) is 0 Å². The molecule has 0 fully saturated rings. The van der Waals surface area contributed by atoms with Gasteiger partial charge in [0.2, 0.25) is 0 Å². The topological polar surface area (TPSA) is 29.9 Å². The van der Waals surface area contributed by atoms with Gasteiger partial charge in [-0.3, -0.25) is 4.68 Å². The lowest BCUT2D eigenvalue weighted by Gasteiger charge is -2.21. The third-order valence-corrected chi connectivity index (χ3v) is 3.51. The quantitative estimate of drug-likeness (QED) is 0.783. The molecule has 1 aromatic rings. The fourth-order valence-corrected chi connectivity index (χ4v) is 2.55. The molecule has 0 aliphatic rings. The van der Waals surface area contributed by atoms with E-state index in [9.17, 15) is 0 Å². The van der Waals surface area contributed by atoms with Crippen LogP contribution in [0.1, 0.15) is 56.6 Å². The van der Waals surface area contributed by atoms with Gasteiger partial charge in [-0.05, 0) is 34.1 Å². The van der Waals surface area contributed by atoms with Gasteiger partial charge in [0.05, 0.1) is 5.69 Å². The highest BCUT2D eigenvalue weighted by Crippen LogP contribution is 2.22. The number of hydrogen-bond acceptors (Lipinski definition) is 2. The minimum absolute atomic E-state index is 0.295. The van der Waals surface area contributed by atoms with Crippen molar-refractivity contribution < 1.29 is 0 Å². The molecule has 0 bridgehead atoms. The van der Waals surface area contributed by atoms with E-state index in [4.69, 9.17) is 6.42 Å². The number of terminal acetylenes is 1. The monoisotopic (exact) mass is 247 g/mol. The number of nitrogens with one attached hydrogen (secondary N) is 1. The van der Waals surface area contributed by atoms with E-state index in [1.807, 2.05) is 0 Å². The summed E-state index contributed by atoms with van der Waals surface area (Å²) in [5.74, 6) is 2.74. The second kappa shape index (κ2) is 6.61. The van der Waals surface area contributed by atoms with Crippen molar-refractivity contribution in [2.24, 2.45) is 0 Å². The first-order chi connectivity index (χ1) is 8.54. The first kappa shape index (κ1) is 14.8. The first-order valence-electron chi connectivity index (χ1n) is 6.78. The van der Waals surface area contributed by atoms with Crippen LogP contribution in [0.15, 0.2) is 0 Å². The number of nitrogens with zero attached hydrogens (tertiary/aromatic N) is 2. The number of rotatable bonds is 6. The van der Waals surface area contributed by atoms with Gasteiger partial charge in [0.25, 0.3) is 0 Å². The molecule has 0 saturated heterocycles. The van der Waals surface area contributed by atoms with E-state index in [0.717, 1.165) is 25.1 Å². The van der Waals surface area contributed by atoms with Gasteiger partial charge in [0, 0.05) is 36.3 Å². The molecule has 1 N–H and O–H groups in total. The molecule has 2 unspecified atom stereocenters. The normalized spacial score (nSPS) is 14.2. The van der Waals surface area contributed by atoms with Gasteiger partial charge in [0.15, 0.2) is 0 Å². The summed E-state index contributed by atoms with van der Waals surface area (Å²) in [7, 11) is 0. The summed E-state index contributed by atoms with van der Waals surface area (Å²) >= 11 is 0. The highest BCUT2D eigenvalue weighted by Gasteiger charge is 2.18. The zero-order chi connectivity index (χ0) is 13.7. The molecular formula is C15H25N3. The fraction of sp³-hybridized carbons (Fsp3) is 0.667. The largest absolute Gasteiger partial charge is 0.306 e. The second-order valence-electron chi connectivity index (χ2n) is 4.80. The molecule has 100 valence electrons. The molecule has 3 heteroatoms. The molecule has 1 heterocycles. The summed E-state index contributed by atoms with van der Waals surface area (Å²) in [5.41, 5.74) is 3.68. The van der Waals surface area contributed by atoms with Crippen LogP contribution in [0.25, 0.3) is 0 Å². The third-order valence-electron chi connectivity index (χ3n) is 3.51. The third kappa shape index (κ3) is 3.14. The van der Waals surface area contributed by atoms with E-state index in [2.05, 4.69) is 55.6 Å². The van der Waals surface area contributed by atoms with Crippen LogP contribution < -0.4 is 5.32 Å². The van der Waals surface area contributed by atoms with Crippen molar-refractivity contribution in [1.29, 1.82) is 0 Å². The van der Waals surface area contributed by atoms with E-state index < -0.39 is 0 Å². The Bertz CT molecular complexity index is 426. The van der Waals surface area contributed by atoms with Crippen LogP contribution >= 0.6 is 0 Å². The van der Waals surface area contributed by atoms with E-state index in [-0.39, 0.29) is 0 Å². The predicted molar refractivity (Wildman–Crippen MR) is 76.5 cm³/mol. The lowest BCUT2D eigenvalue weighted by molar-refractivity contribution is 0.446. The van der Waals surface area contributed by atoms with Gasteiger partial charge in [0.1, 0.15) is 0 Å². The van der Waals surface area contributed by atoms with E-state index in [1.165, 1.54) is 11.3 Å². The van der Waals surface area contributed by atoms with Gasteiger partial charge >= 0.3 is 0 Å². The summed E-state index contributed by atoms with van der Waals surface area (Å²) in [6, 6.07) is 0.678. The Morgan fingerprint density at radius 1 is 1.39 bits per heavy atom. The van der Waals surface area contributed by atoms with Crippen LogP contribution in [0.4, 0.5) is 0 Å². The minimum Gasteiger partial charge on any atom is -0.306 e. The van der Waals surface area contributed by atoms with E-state index in [1.54, 1.807) is 0 Å². The number of aromatic nitrogens is 2. The van der Waals surface area contributed by atoms with Gasteiger partial charge in [-0.1, -0.05) is 6.92 Å². The average molecular weight is 247 g/mol. The molecule has 3 nitrogen and oxygen atoms in total. The molecule has 0 amide bonds. The van der Waals surface area contributed by atoms with Crippen molar-refractivity contribution in [2.45, 2.75) is 66.1 Å². The van der Waals surface area contributed by atoms with Crippen molar-refractivity contribution in [2.75, 3.05) is 0 Å². The maximum absolute atomic E-state index is 5.40. The lowest BCUT2D eigenvalue weighted by atomic mass is 10.0. The van der Waals surface area contributed by atoms with Crippen molar-refractivity contribution in [1.82, 2.24) is 15.1 Å². The van der Waals surface area contributed by atoms with Crippen LogP contribution in [0.2, 0.25) is 0 Å². The Morgan fingerprint density at radius 3 is 2.50 bits per heavy atom. The Balaban J connectivity index is 2.87. The maximum Gasteiger partial charge on any atom is 0.0644 e. The van der Waals surface area contributed by atoms with Crippen molar-refractivity contribution in [3.8, 4) is 12.3 Å². The molecule has 0 aromatic carbocycles. The standard InChI is InChI=1S/C15H25N3/c1-7-10-14(8-2)16-11(4)15-12(5)17-18(9-3)13(15)6/h1,11,14,16H,8-10H2,2-6H3. The maximum atomic E-state index is 5.40. The van der Waals surface area contributed by atoms with Crippen LogP contribution in [-0.4, -0.2) is 15.8 Å². The SMILES string of the molecule is C#CCC(CC)NC(C)c1c(C)nn(CC)c1C. The molecule has 2 atom stereocenters. The fourth-order valence-electron chi connectivity index (χ4n) is 2.55. The summed E-state index contributed by atoms with van der Waals surface area (Å²) in [6.45, 7) is 11.6. The molecule has 0 aliphatic carbocycles. The van der Waals surface area contributed by atoms with Crippen LogP contribution in [0.3, 0.4) is 0 Å². The van der Waals surface area contributed by atoms with Gasteiger partial charge in [-0.15, -0.1) is 12.3 Å². The van der Waals surface area contributed by atoms with Gasteiger partial charge in [-0.25, -0.2) is 0 Å². The molecular weight excluding hydrogens is 222 g/mol. The Labute approximate surface area is 111 Å². The average Bonchev–Trinajstić information content (AvgIpc) is 2.63. The lowest BCUT2D eigenvalue weighted by Crippen LogP contribution is -2.31. The summed E-state index contributed by atoms with van der Waals surface area (Å²) in [5, 5.41) is 8.17. The molecule has 1 rings (SSSR count). The Morgan fingerprint density at radius 2 is 2.06 bits per heavy atom. The van der Waals surface area contributed by atoms with Gasteiger partial charge in [-0.2, -0.15) is 5.10 Å². The summed E-state index contributed by atoms with van der Waals surface area (Å²) < 4.78 is 2.06. The van der Waals surface area contributed by atoms with Gasteiger partial charge < -0.3 is 5.32 Å². The van der Waals surface area contributed by atoms with E-state index >= 15 is 0 Å². The zero-order valence-corrected chi connectivity index (χ0v) is 12.2. The minimum atomic E-state index is 0.295. The highest BCUT2D eigenvalue weighted by atomic mass is 15.3. The molecule has 0 spiro atoms. The molecule has 1 aromatic heterocycles. The van der Waals surface area contributed by atoms with Crippen LogP contribution in [-0.2, 0) is 6.54 Å². The zero-order valence-electron chi connectivity index (χ0n) is 12.2. The van der Waals surface area contributed by atoms with Crippen LogP contribution in [0, 0.1) is 26.2 Å². The smallest absolute Gasteiger partial charge is 0.0644 e. The molecule has 0 radical (unpaired) electrons. The van der Waals surface area contributed by atoms with Crippen molar-refractivity contribution >= 4 is 0 Å². The number of aryl methyl sites for hydroxylation is 2. The predicted octanol–water partition coefficient (Wildman–Crippen LogP) is 2.97. The molecule has 0 saturated carbocycles. The second-order valence-corrected chi connectivity index (χ2v) is 4.80. The number of hydrogen-bond donors (Lipinski definition) is 1. The first-order valence-corrected chi connectivity index (χ1v) is 6.78. The van der Waals surface area contributed by atoms with Crippen LogP contribution in [0.5, 0.6) is 0 Å².